The molecule has 3 rings (SSSR count). The molecule has 0 saturated carbocycles. The smallest absolute Gasteiger partial charge is 0.331 e. The largest absolute Gasteiger partial charge is 0.479 e. The summed E-state index contributed by atoms with van der Waals surface area (Å²) in [5, 5.41) is 9.68. The van der Waals surface area contributed by atoms with Crippen LogP contribution in [-0.4, -0.2) is 28.4 Å². The van der Waals surface area contributed by atoms with Crippen molar-refractivity contribution in [1.29, 1.82) is 0 Å². The first-order valence-electron chi connectivity index (χ1n) is 8.13. The maximum Gasteiger partial charge on any atom is 0.331 e. The van der Waals surface area contributed by atoms with Crippen LogP contribution in [0.2, 0.25) is 0 Å². The molecule has 124 valence electrons. The van der Waals surface area contributed by atoms with Crippen molar-refractivity contribution in [3.05, 3.63) is 70.3 Å². The Hall–Kier alpha value is -2.62. The number of amides is 1. The molecule has 1 unspecified atom stereocenters. The van der Waals surface area contributed by atoms with Crippen LogP contribution in [0.3, 0.4) is 0 Å². The lowest BCUT2D eigenvalue weighted by atomic mass is 9.92. The zero-order valence-electron chi connectivity index (χ0n) is 14.0. The second-order valence-corrected chi connectivity index (χ2v) is 6.38. The van der Waals surface area contributed by atoms with E-state index in [1.807, 2.05) is 56.3 Å². The number of nitrogens with zero attached hydrogens (tertiary/aromatic N) is 1. The van der Waals surface area contributed by atoms with Crippen molar-refractivity contribution in [1.82, 2.24) is 4.90 Å². The molecule has 0 radical (unpaired) electrons. The number of fused-ring (bicyclic) bond motifs is 1. The highest BCUT2D eigenvalue weighted by atomic mass is 16.4. The van der Waals surface area contributed by atoms with Crippen LogP contribution in [0, 0.1) is 13.8 Å². The Labute approximate surface area is 141 Å². The summed E-state index contributed by atoms with van der Waals surface area (Å²) in [5.74, 6) is -1.11. The molecule has 0 aromatic heterocycles. The van der Waals surface area contributed by atoms with Gasteiger partial charge in [0.1, 0.15) is 0 Å². The van der Waals surface area contributed by atoms with E-state index in [9.17, 15) is 14.7 Å². The average Bonchev–Trinajstić information content (AvgIpc) is 2.56. The van der Waals surface area contributed by atoms with Gasteiger partial charge in [0.15, 0.2) is 6.04 Å². The number of carboxylic acids is 1. The summed E-state index contributed by atoms with van der Waals surface area (Å²) in [5.41, 5.74) is 4.86. The van der Waals surface area contributed by atoms with Crippen LogP contribution < -0.4 is 0 Å². The number of aliphatic carboxylic acids is 1. The van der Waals surface area contributed by atoms with Gasteiger partial charge in [0.25, 0.3) is 0 Å². The van der Waals surface area contributed by atoms with E-state index in [0.29, 0.717) is 13.0 Å². The molecule has 1 amide bonds. The first-order chi connectivity index (χ1) is 11.5. The SMILES string of the molecule is Cc1ccc(C)c(CC(=O)N2CCc3ccccc3C2C(=O)O)c1. The van der Waals surface area contributed by atoms with Crippen molar-refractivity contribution < 1.29 is 14.7 Å². The van der Waals surface area contributed by atoms with Crippen molar-refractivity contribution in [2.24, 2.45) is 0 Å². The maximum absolute atomic E-state index is 12.8. The Morgan fingerprint density at radius 2 is 1.92 bits per heavy atom. The molecule has 4 heteroatoms. The van der Waals surface area contributed by atoms with Crippen LogP contribution in [0.15, 0.2) is 42.5 Å². The lowest BCUT2D eigenvalue weighted by Gasteiger charge is -2.35. The van der Waals surface area contributed by atoms with E-state index in [0.717, 1.165) is 27.8 Å². The molecule has 1 aliphatic rings. The summed E-state index contributed by atoms with van der Waals surface area (Å²) in [7, 11) is 0. The van der Waals surface area contributed by atoms with Gasteiger partial charge in [0, 0.05) is 6.54 Å². The summed E-state index contributed by atoms with van der Waals surface area (Å²) >= 11 is 0. The van der Waals surface area contributed by atoms with Gasteiger partial charge in [-0.3, -0.25) is 4.79 Å². The number of carbonyl (C=O) groups excluding carboxylic acids is 1. The molecule has 24 heavy (non-hydrogen) atoms. The van der Waals surface area contributed by atoms with Gasteiger partial charge in [-0.15, -0.1) is 0 Å². The predicted molar refractivity (Wildman–Crippen MR) is 91.9 cm³/mol. The third-order valence-corrected chi connectivity index (χ3v) is 4.68. The summed E-state index contributed by atoms with van der Waals surface area (Å²) < 4.78 is 0. The van der Waals surface area contributed by atoms with E-state index >= 15 is 0 Å². The Morgan fingerprint density at radius 1 is 1.17 bits per heavy atom. The molecule has 0 bridgehead atoms. The van der Waals surface area contributed by atoms with E-state index in [1.54, 1.807) is 0 Å². The number of hydrogen-bond donors (Lipinski definition) is 1. The monoisotopic (exact) mass is 323 g/mol. The van der Waals surface area contributed by atoms with E-state index in [2.05, 4.69) is 0 Å². The molecule has 0 fully saturated rings. The van der Waals surface area contributed by atoms with Crippen LogP contribution >= 0.6 is 0 Å². The minimum Gasteiger partial charge on any atom is -0.479 e. The zero-order chi connectivity index (χ0) is 17.3. The third kappa shape index (κ3) is 3.04. The second kappa shape index (κ2) is 6.48. The van der Waals surface area contributed by atoms with E-state index in [-0.39, 0.29) is 12.3 Å². The minimum atomic E-state index is -0.975. The Bertz CT molecular complexity index is 797. The molecule has 2 aromatic carbocycles. The fourth-order valence-electron chi connectivity index (χ4n) is 3.36. The van der Waals surface area contributed by atoms with Gasteiger partial charge < -0.3 is 10.0 Å². The van der Waals surface area contributed by atoms with E-state index in [4.69, 9.17) is 0 Å². The highest BCUT2D eigenvalue weighted by Gasteiger charge is 2.35. The van der Waals surface area contributed by atoms with Crippen LogP contribution in [-0.2, 0) is 22.4 Å². The van der Waals surface area contributed by atoms with Crippen LogP contribution in [0.4, 0.5) is 0 Å². The highest BCUT2D eigenvalue weighted by Crippen LogP contribution is 2.30. The first kappa shape index (κ1) is 16.2. The number of aryl methyl sites for hydroxylation is 2. The van der Waals surface area contributed by atoms with Gasteiger partial charge in [-0.25, -0.2) is 4.79 Å². The molecule has 1 aliphatic heterocycles. The summed E-state index contributed by atoms with van der Waals surface area (Å²) in [4.78, 5) is 26.1. The topological polar surface area (TPSA) is 57.6 Å². The second-order valence-electron chi connectivity index (χ2n) is 6.38. The molecule has 1 heterocycles. The minimum absolute atomic E-state index is 0.134. The third-order valence-electron chi connectivity index (χ3n) is 4.68. The maximum atomic E-state index is 12.8. The van der Waals surface area contributed by atoms with Crippen LogP contribution in [0.25, 0.3) is 0 Å². The van der Waals surface area contributed by atoms with Gasteiger partial charge >= 0.3 is 5.97 Å². The summed E-state index contributed by atoms with van der Waals surface area (Å²) in [6, 6.07) is 12.6. The molecule has 0 aliphatic carbocycles. The quantitative estimate of drug-likeness (QED) is 0.944. The standard InChI is InChI=1S/C20H21NO3/c1-13-7-8-14(2)16(11-13)12-18(22)21-10-9-15-5-3-4-6-17(15)19(21)20(23)24/h3-8,11,19H,9-10,12H2,1-2H3,(H,23,24). The molecule has 1 N–H and O–H groups in total. The van der Waals surface area contributed by atoms with Crippen molar-refractivity contribution in [3.63, 3.8) is 0 Å². The molecule has 2 aromatic rings. The number of hydrogen-bond acceptors (Lipinski definition) is 2. The molecule has 1 atom stereocenters. The molecule has 0 spiro atoms. The average molecular weight is 323 g/mol. The van der Waals surface area contributed by atoms with Crippen molar-refractivity contribution in [3.8, 4) is 0 Å². The number of benzene rings is 2. The van der Waals surface area contributed by atoms with Crippen molar-refractivity contribution in [2.75, 3.05) is 6.54 Å². The first-order valence-corrected chi connectivity index (χ1v) is 8.13. The van der Waals surface area contributed by atoms with Crippen LogP contribution in [0.1, 0.15) is 33.9 Å². The molecule has 0 saturated heterocycles. The molecular formula is C20H21NO3. The lowest BCUT2D eigenvalue weighted by Crippen LogP contribution is -2.44. The Morgan fingerprint density at radius 3 is 2.67 bits per heavy atom. The predicted octanol–water partition coefficient (Wildman–Crippen LogP) is 3.06. The number of carboxylic acid groups (broad SMARTS) is 1. The Kier molecular flexibility index (Phi) is 4.38. The number of rotatable bonds is 3. The number of carbonyl (C=O) groups is 2. The highest BCUT2D eigenvalue weighted by molar-refractivity contribution is 5.87. The van der Waals surface area contributed by atoms with Gasteiger partial charge in [-0.1, -0.05) is 48.0 Å². The molecule has 4 nitrogen and oxygen atoms in total. The molecular weight excluding hydrogens is 302 g/mol. The van der Waals surface area contributed by atoms with Gasteiger partial charge in [-0.05, 0) is 42.5 Å². The van der Waals surface area contributed by atoms with Gasteiger partial charge in [0.05, 0.1) is 6.42 Å². The zero-order valence-corrected chi connectivity index (χ0v) is 14.0. The van der Waals surface area contributed by atoms with Crippen molar-refractivity contribution in [2.45, 2.75) is 32.7 Å². The van der Waals surface area contributed by atoms with E-state index < -0.39 is 12.0 Å². The lowest BCUT2D eigenvalue weighted by molar-refractivity contribution is -0.151. The fraction of sp³-hybridized carbons (Fsp3) is 0.300. The Balaban J connectivity index is 1.89. The van der Waals surface area contributed by atoms with Crippen molar-refractivity contribution >= 4 is 11.9 Å². The van der Waals surface area contributed by atoms with Gasteiger partial charge in [-0.2, -0.15) is 0 Å². The normalized spacial score (nSPS) is 16.6. The summed E-state index contributed by atoms with van der Waals surface area (Å²) in [6.45, 7) is 4.41. The van der Waals surface area contributed by atoms with E-state index in [1.165, 1.54) is 4.90 Å². The van der Waals surface area contributed by atoms with Gasteiger partial charge in [0.2, 0.25) is 5.91 Å². The fourth-order valence-corrected chi connectivity index (χ4v) is 3.36. The summed E-state index contributed by atoms with van der Waals surface area (Å²) in [6.07, 6.45) is 0.929. The van der Waals surface area contributed by atoms with Crippen LogP contribution in [0.5, 0.6) is 0 Å².